The summed E-state index contributed by atoms with van der Waals surface area (Å²) in [4.78, 5) is 32.1. The number of unbranched alkanes of at least 4 members (excludes halogenated alkanes) is 1. The first-order chi connectivity index (χ1) is 7.43. The average Bonchev–Trinajstić information content (AvgIpc) is 2.14. The number of carboxylic acid groups (broad SMARTS) is 1. The Morgan fingerprint density at radius 1 is 1.19 bits per heavy atom. The molecule has 0 saturated carbocycles. The number of carbonyl (C=O) groups is 3. The zero-order chi connectivity index (χ0) is 12.6. The van der Waals surface area contributed by atoms with E-state index in [0.717, 1.165) is 6.42 Å². The maximum absolute atomic E-state index is 10.8. The van der Waals surface area contributed by atoms with Crippen molar-refractivity contribution in [3.8, 4) is 0 Å². The lowest BCUT2D eigenvalue weighted by Crippen LogP contribution is -2.21. The largest absolute Gasteiger partial charge is 0.481 e. The maximum Gasteiger partial charge on any atom is 0.306 e. The molecule has 0 rings (SSSR count). The van der Waals surface area contributed by atoms with E-state index in [4.69, 9.17) is 5.11 Å². The highest BCUT2D eigenvalue weighted by Crippen LogP contribution is 2.13. The van der Waals surface area contributed by atoms with Gasteiger partial charge in [-0.3, -0.25) is 9.59 Å². The smallest absolute Gasteiger partial charge is 0.306 e. The lowest BCUT2D eigenvalue weighted by atomic mass is 9.97. The first kappa shape index (κ1) is 14.6. The molecule has 92 valence electrons. The van der Waals surface area contributed by atoms with E-state index in [9.17, 15) is 14.4 Å². The third-order valence-electron chi connectivity index (χ3n) is 2.24. The van der Waals surface area contributed by atoms with E-state index in [1.807, 2.05) is 0 Å². The Labute approximate surface area is 95.2 Å². The average molecular weight is 229 g/mol. The van der Waals surface area contributed by atoms with Crippen LogP contribution in [0.15, 0.2) is 0 Å². The van der Waals surface area contributed by atoms with Gasteiger partial charge in [0.25, 0.3) is 0 Å². The zero-order valence-corrected chi connectivity index (χ0v) is 9.78. The van der Waals surface area contributed by atoms with Gasteiger partial charge in [-0.15, -0.1) is 0 Å². The number of carbonyl (C=O) groups excluding carboxylic acids is 2. The fraction of sp³-hybridized carbons (Fsp3) is 0.727. The summed E-state index contributed by atoms with van der Waals surface area (Å²) in [5, 5.41) is 11.5. The molecule has 2 N–H and O–H groups in total. The second-order valence-corrected chi connectivity index (χ2v) is 3.92. The topological polar surface area (TPSA) is 83.5 Å². The lowest BCUT2D eigenvalue weighted by molar-refractivity contribution is -0.143. The van der Waals surface area contributed by atoms with Crippen LogP contribution >= 0.6 is 0 Å². The molecule has 0 aliphatic rings. The third kappa shape index (κ3) is 7.96. The number of ketones is 1. The minimum Gasteiger partial charge on any atom is -0.481 e. The number of amides is 1. The number of hydrogen-bond donors (Lipinski definition) is 2. The molecule has 0 aliphatic carbocycles. The predicted molar refractivity (Wildman–Crippen MR) is 59.0 cm³/mol. The van der Waals surface area contributed by atoms with E-state index in [1.54, 1.807) is 0 Å². The second kappa shape index (κ2) is 7.84. The molecule has 0 aromatic rings. The highest BCUT2D eigenvalue weighted by molar-refractivity contribution is 5.81. The van der Waals surface area contributed by atoms with Crippen LogP contribution in [0.1, 0.15) is 39.5 Å². The van der Waals surface area contributed by atoms with Gasteiger partial charge in [0.1, 0.15) is 5.78 Å². The van der Waals surface area contributed by atoms with Crippen molar-refractivity contribution in [3.05, 3.63) is 0 Å². The van der Waals surface area contributed by atoms with Gasteiger partial charge in [-0.1, -0.05) is 6.42 Å². The quantitative estimate of drug-likeness (QED) is 0.607. The van der Waals surface area contributed by atoms with Crippen LogP contribution in [-0.2, 0) is 14.4 Å². The highest BCUT2D eigenvalue weighted by atomic mass is 16.4. The van der Waals surface area contributed by atoms with Crippen LogP contribution in [0, 0.1) is 5.92 Å². The number of carboxylic acids is 1. The van der Waals surface area contributed by atoms with E-state index in [0.29, 0.717) is 19.4 Å². The standard InChI is InChI=1S/C11H19NO4/c1-8(13)7-10(11(15)16)5-3-4-6-12-9(2)14/h10H,3-7H2,1-2H3,(H,12,14)(H,15,16)/t10-/m1/s1. The van der Waals surface area contributed by atoms with Crippen LogP contribution in [-0.4, -0.2) is 29.3 Å². The lowest BCUT2D eigenvalue weighted by Gasteiger charge is -2.10. The molecule has 0 spiro atoms. The van der Waals surface area contributed by atoms with Gasteiger partial charge in [0.2, 0.25) is 5.91 Å². The van der Waals surface area contributed by atoms with Crippen molar-refractivity contribution in [3.63, 3.8) is 0 Å². The van der Waals surface area contributed by atoms with Crippen LogP contribution in [0.4, 0.5) is 0 Å². The molecule has 0 aromatic carbocycles. The van der Waals surface area contributed by atoms with E-state index in [-0.39, 0.29) is 18.1 Å². The first-order valence-electron chi connectivity index (χ1n) is 5.40. The minimum atomic E-state index is -0.922. The van der Waals surface area contributed by atoms with Crippen LogP contribution in [0.2, 0.25) is 0 Å². The van der Waals surface area contributed by atoms with E-state index in [1.165, 1.54) is 13.8 Å². The SMILES string of the molecule is CC(=O)C[C@@H](CCCCNC(C)=O)C(=O)O. The fourth-order valence-electron chi connectivity index (χ4n) is 1.44. The van der Waals surface area contributed by atoms with Crippen molar-refractivity contribution in [1.29, 1.82) is 0 Å². The summed E-state index contributed by atoms with van der Waals surface area (Å²) in [6.07, 6.45) is 2.01. The minimum absolute atomic E-state index is 0.0847. The highest BCUT2D eigenvalue weighted by Gasteiger charge is 2.18. The van der Waals surface area contributed by atoms with Crippen molar-refractivity contribution in [2.24, 2.45) is 5.92 Å². The molecule has 1 atom stereocenters. The molecule has 0 aliphatic heterocycles. The molecule has 5 nitrogen and oxygen atoms in total. The molecule has 0 saturated heterocycles. The van der Waals surface area contributed by atoms with Crippen molar-refractivity contribution >= 4 is 17.7 Å². The molecule has 0 heterocycles. The van der Waals surface area contributed by atoms with Gasteiger partial charge in [-0.05, 0) is 19.8 Å². The molecule has 0 bridgehead atoms. The monoisotopic (exact) mass is 229 g/mol. The van der Waals surface area contributed by atoms with Gasteiger partial charge in [0.15, 0.2) is 0 Å². The van der Waals surface area contributed by atoms with Crippen LogP contribution < -0.4 is 5.32 Å². The zero-order valence-electron chi connectivity index (χ0n) is 9.78. The Morgan fingerprint density at radius 2 is 1.81 bits per heavy atom. The van der Waals surface area contributed by atoms with Crippen molar-refractivity contribution in [2.45, 2.75) is 39.5 Å². The third-order valence-corrected chi connectivity index (χ3v) is 2.24. The summed E-state index contributed by atoms with van der Waals surface area (Å²) in [6, 6.07) is 0. The Hall–Kier alpha value is -1.39. The maximum atomic E-state index is 10.8. The summed E-state index contributed by atoms with van der Waals surface area (Å²) in [6.45, 7) is 3.39. The predicted octanol–water partition coefficient (Wildman–Crippen LogP) is 0.973. The molecular formula is C11H19NO4. The van der Waals surface area contributed by atoms with Crippen molar-refractivity contribution < 1.29 is 19.5 Å². The van der Waals surface area contributed by atoms with E-state index in [2.05, 4.69) is 5.32 Å². The van der Waals surface area contributed by atoms with Gasteiger partial charge < -0.3 is 15.2 Å². The summed E-state index contributed by atoms with van der Waals surface area (Å²) in [5.41, 5.74) is 0. The Bertz CT molecular complexity index is 263. The molecule has 5 heteroatoms. The van der Waals surface area contributed by atoms with Crippen molar-refractivity contribution in [1.82, 2.24) is 5.32 Å². The molecule has 0 fully saturated rings. The Kier molecular flexibility index (Phi) is 7.16. The van der Waals surface area contributed by atoms with Crippen LogP contribution in [0.5, 0.6) is 0 Å². The summed E-state index contributed by atoms with van der Waals surface area (Å²) in [7, 11) is 0. The van der Waals surface area contributed by atoms with Crippen molar-refractivity contribution in [2.75, 3.05) is 6.54 Å². The Morgan fingerprint density at radius 3 is 2.25 bits per heavy atom. The number of rotatable bonds is 8. The molecule has 0 unspecified atom stereocenters. The first-order valence-corrected chi connectivity index (χ1v) is 5.40. The van der Waals surface area contributed by atoms with E-state index < -0.39 is 11.9 Å². The number of nitrogens with one attached hydrogen (secondary N) is 1. The Balaban J connectivity index is 3.72. The normalized spacial score (nSPS) is 11.9. The second-order valence-electron chi connectivity index (χ2n) is 3.92. The summed E-state index contributed by atoms with van der Waals surface area (Å²) in [5.74, 6) is -1.70. The molecular weight excluding hydrogens is 210 g/mol. The van der Waals surface area contributed by atoms with Gasteiger partial charge in [-0.25, -0.2) is 0 Å². The molecule has 1 amide bonds. The van der Waals surface area contributed by atoms with E-state index >= 15 is 0 Å². The van der Waals surface area contributed by atoms with Crippen LogP contribution in [0.3, 0.4) is 0 Å². The number of Topliss-reactive ketones (excluding diaryl/α,β-unsaturated/α-hetero) is 1. The summed E-state index contributed by atoms with van der Waals surface area (Å²) >= 11 is 0. The van der Waals surface area contributed by atoms with Gasteiger partial charge in [-0.2, -0.15) is 0 Å². The van der Waals surface area contributed by atoms with Crippen LogP contribution in [0.25, 0.3) is 0 Å². The fourth-order valence-corrected chi connectivity index (χ4v) is 1.44. The number of hydrogen-bond acceptors (Lipinski definition) is 3. The molecule has 16 heavy (non-hydrogen) atoms. The molecule has 0 aromatic heterocycles. The van der Waals surface area contributed by atoms with Gasteiger partial charge in [0, 0.05) is 19.9 Å². The molecule has 0 radical (unpaired) electrons. The summed E-state index contributed by atoms with van der Waals surface area (Å²) < 4.78 is 0. The van der Waals surface area contributed by atoms with Gasteiger partial charge >= 0.3 is 5.97 Å². The number of aliphatic carboxylic acids is 1. The van der Waals surface area contributed by atoms with Gasteiger partial charge in [0.05, 0.1) is 5.92 Å².